The maximum absolute atomic E-state index is 14.0. The van der Waals surface area contributed by atoms with Gasteiger partial charge in [-0.2, -0.15) is 57.1 Å². The van der Waals surface area contributed by atoms with E-state index < -0.39 is 54.0 Å². The van der Waals surface area contributed by atoms with Crippen LogP contribution in [0.3, 0.4) is 0 Å². The summed E-state index contributed by atoms with van der Waals surface area (Å²) in [4.78, 5) is 3.90. The van der Waals surface area contributed by atoms with Gasteiger partial charge >= 0.3 is 35.8 Å². The van der Waals surface area contributed by atoms with E-state index in [2.05, 4.69) is 9.99 Å². The second kappa shape index (κ2) is 6.90. The average Bonchev–Trinajstić information content (AvgIpc) is 3.11. The lowest BCUT2D eigenvalue weighted by atomic mass is 9.89. The molecule has 0 fully saturated rings. The molecule has 170 valence electrons. The Morgan fingerprint density at radius 3 is 1.60 bits per heavy atom. The number of oxime groups is 1. The Bertz CT molecular complexity index is 801. The fourth-order valence-electron chi connectivity index (χ4n) is 2.36. The Hall–Kier alpha value is -2.22. The molecular formula is C15H8F13NO. The molecule has 2 rings (SSSR count). The Balaban J connectivity index is 2.39. The van der Waals surface area contributed by atoms with Crippen LogP contribution in [0.5, 0.6) is 0 Å². The maximum Gasteiger partial charge on any atom is 0.460 e. The molecule has 0 aromatic heterocycles. The van der Waals surface area contributed by atoms with E-state index in [1.54, 1.807) is 0 Å². The lowest BCUT2D eigenvalue weighted by Crippen LogP contribution is -2.71. The van der Waals surface area contributed by atoms with Crippen LogP contribution in [-0.4, -0.2) is 47.6 Å². The second-order valence-corrected chi connectivity index (χ2v) is 6.12. The van der Waals surface area contributed by atoms with Crippen LogP contribution >= 0.6 is 0 Å². The van der Waals surface area contributed by atoms with E-state index in [0.29, 0.717) is 0 Å². The first-order valence-electron chi connectivity index (χ1n) is 7.56. The third-order valence-corrected chi connectivity index (χ3v) is 4.14. The molecule has 0 unspecified atom stereocenters. The zero-order valence-electron chi connectivity index (χ0n) is 13.9. The molecule has 1 aromatic carbocycles. The maximum atomic E-state index is 14.0. The van der Waals surface area contributed by atoms with Crippen LogP contribution in [0, 0.1) is 0 Å². The molecule has 0 radical (unpaired) electrons. The third kappa shape index (κ3) is 3.25. The van der Waals surface area contributed by atoms with Gasteiger partial charge in [0, 0.05) is 6.42 Å². The predicted octanol–water partition coefficient (Wildman–Crippen LogP) is 5.92. The van der Waals surface area contributed by atoms with Crippen molar-refractivity contribution in [2.45, 2.75) is 48.3 Å². The van der Waals surface area contributed by atoms with Gasteiger partial charge < -0.3 is 4.84 Å². The van der Waals surface area contributed by atoms with E-state index in [1.165, 1.54) is 30.3 Å². The highest BCUT2D eigenvalue weighted by atomic mass is 19.4. The summed E-state index contributed by atoms with van der Waals surface area (Å²) in [5, 5.41) is 2.94. The van der Waals surface area contributed by atoms with Crippen LogP contribution in [0.4, 0.5) is 57.1 Å². The van der Waals surface area contributed by atoms with Gasteiger partial charge in [0.2, 0.25) is 6.10 Å². The van der Waals surface area contributed by atoms with Crippen molar-refractivity contribution in [1.29, 1.82) is 0 Å². The van der Waals surface area contributed by atoms with Crippen LogP contribution in [0.1, 0.15) is 12.0 Å². The molecule has 0 N–H and O–H groups in total. The summed E-state index contributed by atoms with van der Waals surface area (Å²) in [7, 11) is 0. The fraction of sp³-hybridized carbons (Fsp3) is 0.533. The van der Waals surface area contributed by atoms with Crippen molar-refractivity contribution in [2.24, 2.45) is 5.16 Å². The summed E-state index contributed by atoms with van der Waals surface area (Å²) in [6.45, 7) is 0. The number of alkyl halides is 13. The van der Waals surface area contributed by atoms with Crippen molar-refractivity contribution in [3.8, 4) is 0 Å². The van der Waals surface area contributed by atoms with Crippen molar-refractivity contribution >= 4 is 5.71 Å². The van der Waals surface area contributed by atoms with Crippen molar-refractivity contribution in [2.75, 3.05) is 0 Å². The molecule has 0 saturated carbocycles. The van der Waals surface area contributed by atoms with Gasteiger partial charge in [-0.1, -0.05) is 35.5 Å². The Kier molecular flexibility index (Phi) is 5.53. The van der Waals surface area contributed by atoms with Crippen LogP contribution < -0.4 is 0 Å². The number of rotatable bonds is 6. The fourth-order valence-corrected chi connectivity index (χ4v) is 2.36. The number of hydrogen-bond donors (Lipinski definition) is 0. The summed E-state index contributed by atoms with van der Waals surface area (Å²) in [5.74, 6) is -37.3. The van der Waals surface area contributed by atoms with Crippen molar-refractivity contribution in [1.82, 2.24) is 0 Å². The summed E-state index contributed by atoms with van der Waals surface area (Å²) in [5.41, 5.74) is -0.522. The number of benzene rings is 1. The van der Waals surface area contributed by atoms with Crippen LogP contribution in [0.15, 0.2) is 35.5 Å². The largest absolute Gasteiger partial charge is 0.460 e. The Labute approximate surface area is 158 Å². The number of halogens is 13. The van der Waals surface area contributed by atoms with E-state index in [1.807, 2.05) is 0 Å². The molecule has 30 heavy (non-hydrogen) atoms. The zero-order valence-corrected chi connectivity index (χ0v) is 13.9. The molecule has 1 aliphatic rings. The first kappa shape index (κ1) is 24.1. The number of hydrogen-bond acceptors (Lipinski definition) is 2. The highest BCUT2D eigenvalue weighted by Crippen LogP contribution is 2.61. The van der Waals surface area contributed by atoms with Crippen LogP contribution in [-0.2, 0) is 4.84 Å². The van der Waals surface area contributed by atoms with E-state index in [4.69, 9.17) is 0 Å². The molecule has 0 spiro atoms. The van der Waals surface area contributed by atoms with Gasteiger partial charge in [-0.15, -0.1) is 0 Å². The average molecular weight is 465 g/mol. The highest BCUT2D eigenvalue weighted by molar-refractivity contribution is 6.01. The minimum atomic E-state index is -7.94. The highest BCUT2D eigenvalue weighted by Gasteiger charge is 2.91. The SMILES string of the molecule is FC(F)(F)C(F)(F)C(F)(F)C(F)(F)C(F)(F)C(F)(F)[C@H]1CC(c2ccccc2)=NO1. The standard InChI is InChI=1S/C15H8F13NO/c16-10(17,9-6-8(29-30-9)7-4-2-1-3-5-7)11(18,19)12(20,21)13(22,23)14(24,25)15(26,27)28/h1-5,9H,6H2/t9-/m1/s1. The van der Waals surface area contributed by atoms with Gasteiger partial charge in [-0.3, -0.25) is 0 Å². The molecule has 1 aromatic rings. The van der Waals surface area contributed by atoms with Crippen molar-refractivity contribution in [3.05, 3.63) is 35.9 Å². The van der Waals surface area contributed by atoms with Gasteiger partial charge in [0.15, 0.2) is 0 Å². The summed E-state index contributed by atoms with van der Waals surface area (Å²) in [6.07, 6.45) is -12.2. The van der Waals surface area contributed by atoms with Gasteiger partial charge in [0.1, 0.15) is 0 Å². The summed E-state index contributed by atoms with van der Waals surface area (Å²) < 4.78 is 171. The van der Waals surface area contributed by atoms with E-state index >= 15 is 0 Å². The second-order valence-electron chi connectivity index (χ2n) is 6.12. The van der Waals surface area contributed by atoms with Crippen LogP contribution in [0.25, 0.3) is 0 Å². The van der Waals surface area contributed by atoms with Crippen molar-refractivity contribution < 1.29 is 61.9 Å². The molecule has 1 heterocycles. The van der Waals surface area contributed by atoms with E-state index in [9.17, 15) is 57.1 Å². The summed E-state index contributed by atoms with van der Waals surface area (Å²) >= 11 is 0. The van der Waals surface area contributed by atoms with E-state index in [0.717, 1.165) is 0 Å². The summed E-state index contributed by atoms with van der Waals surface area (Å²) in [6, 6.07) is 6.49. The lowest BCUT2D eigenvalue weighted by molar-refractivity contribution is -0.444. The van der Waals surface area contributed by atoms with Crippen LogP contribution in [0.2, 0.25) is 0 Å². The molecule has 0 amide bonds. The van der Waals surface area contributed by atoms with Gasteiger partial charge in [-0.25, -0.2) is 0 Å². The van der Waals surface area contributed by atoms with Gasteiger partial charge in [-0.05, 0) is 5.56 Å². The molecule has 15 heteroatoms. The Morgan fingerprint density at radius 1 is 0.667 bits per heavy atom. The minimum absolute atomic E-state index is 0.0141. The molecule has 1 aliphatic heterocycles. The topological polar surface area (TPSA) is 21.6 Å². The van der Waals surface area contributed by atoms with Gasteiger partial charge in [0.05, 0.1) is 5.71 Å². The predicted molar refractivity (Wildman–Crippen MR) is 73.3 cm³/mol. The monoisotopic (exact) mass is 465 g/mol. The first-order valence-corrected chi connectivity index (χ1v) is 7.56. The molecule has 1 atom stereocenters. The molecule has 2 nitrogen and oxygen atoms in total. The zero-order chi connectivity index (χ0) is 23.4. The van der Waals surface area contributed by atoms with Crippen molar-refractivity contribution in [3.63, 3.8) is 0 Å². The number of nitrogens with zero attached hydrogens (tertiary/aromatic N) is 1. The Morgan fingerprint density at radius 2 is 1.13 bits per heavy atom. The lowest BCUT2D eigenvalue weighted by Gasteiger charge is -2.40. The minimum Gasteiger partial charge on any atom is -0.385 e. The molecular weight excluding hydrogens is 457 g/mol. The van der Waals surface area contributed by atoms with E-state index in [-0.39, 0.29) is 5.56 Å². The molecule has 0 aliphatic carbocycles. The third-order valence-electron chi connectivity index (χ3n) is 4.14. The normalized spacial score (nSPS) is 19.5. The first-order chi connectivity index (χ1) is 13.3. The molecule has 0 saturated heterocycles. The molecule has 0 bridgehead atoms. The quantitative estimate of drug-likeness (QED) is 0.479. The smallest absolute Gasteiger partial charge is 0.385 e. The van der Waals surface area contributed by atoms with Gasteiger partial charge in [0.25, 0.3) is 0 Å².